The monoisotopic (exact) mass is 284 g/mol. The van der Waals surface area contributed by atoms with E-state index in [1.165, 1.54) is 32.1 Å². The van der Waals surface area contributed by atoms with Crippen LogP contribution >= 0.6 is 0 Å². The summed E-state index contributed by atoms with van der Waals surface area (Å²) in [5.41, 5.74) is -0.434. The Morgan fingerprint density at radius 2 is 1.80 bits per heavy atom. The molecule has 1 saturated carbocycles. The minimum atomic E-state index is -0.434. The Hall–Kier alpha value is -0.770. The number of hydrogen-bond acceptors (Lipinski definition) is 3. The van der Waals surface area contributed by atoms with Crippen LogP contribution in [-0.2, 0) is 4.74 Å². The van der Waals surface area contributed by atoms with E-state index in [-0.39, 0.29) is 12.1 Å². The predicted octanol–water partition coefficient (Wildman–Crippen LogP) is 3.46. The average molecular weight is 284 g/mol. The number of hydrogen-bond donors (Lipinski definition) is 2. The Bertz CT molecular complexity index is 293. The molecule has 20 heavy (non-hydrogen) atoms. The van der Waals surface area contributed by atoms with Gasteiger partial charge in [-0.3, -0.25) is 0 Å². The van der Waals surface area contributed by atoms with Gasteiger partial charge in [0.1, 0.15) is 5.60 Å². The molecule has 4 heteroatoms. The van der Waals surface area contributed by atoms with E-state index in [4.69, 9.17) is 4.74 Å². The van der Waals surface area contributed by atoms with Crippen LogP contribution in [0.1, 0.15) is 66.7 Å². The van der Waals surface area contributed by atoms with Crippen molar-refractivity contribution in [3.63, 3.8) is 0 Å². The summed E-state index contributed by atoms with van der Waals surface area (Å²) >= 11 is 0. The number of ether oxygens (including phenoxy) is 1. The van der Waals surface area contributed by atoms with Gasteiger partial charge >= 0.3 is 6.09 Å². The molecule has 0 aromatic heterocycles. The van der Waals surface area contributed by atoms with Crippen molar-refractivity contribution < 1.29 is 9.53 Å². The molecule has 4 nitrogen and oxygen atoms in total. The van der Waals surface area contributed by atoms with Gasteiger partial charge in [0.15, 0.2) is 0 Å². The van der Waals surface area contributed by atoms with Crippen molar-refractivity contribution in [2.45, 2.75) is 84.4 Å². The van der Waals surface area contributed by atoms with Gasteiger partial charge in [0.2, 0.25) is 0 Å². The maximum absolute atomic E-state index is 11.6. The second-order valence-electron chi connectivity index (χ2n) is 7.14. The molecule has 1 aliphatic carbocycles. The molecule has 1 fully saturated rings. The Labute approximate surface area is 124 Å². The summed E-state index contributed by atoms with van der Waals surface area (Å²) in [6, 6.07) is 0.783. The van der Waals surface area contributed by atoms with Gasteiger partial charge in [-0.05, 0) is 53.4 Å². The summed E-state index contributed by atoms with van der Waals surface area (Å²) in [5.74, 6) is 0.785. The third kappa shape index (κ3) is 7.13. The molecule has 0 saturated heterocycles. The zero-order valence-electron chi connectivity index (χ0n) is 13.8. The van der Waals surface area contributed by atoms with E-state index in [9.17, 15) is 4.79 Å². The van der Waals surface area contributed by atoms with E-state index in [0.29, 0.717) is 12.6 Å². The highest BCUT2D eigenvalue weighted by molar-refractivity contribution is 5.67. The molecule has 0 spiro atoms. The largest absolute Gasteiger partial charge is 0.444 e. The Morgan fingerprint density at radius 3 is 2.35 bits per heavy atom. The predicted molar refractivity (Wildman–Crippen MR) is 82.9 cm³/mol. The topological polar surface area (TPSA) is 50.4 Å². The molecule has 1 aliphatic rings. The van der Waals surface area contributed by atoms with Gasteiger partial charge < -0.3 is 15.4 Å². The summed E-state index contributed by atoms with van der Waals surface area (Å²) < 4.78 is 5.23. The van der Waals surface area contributed by atoms with Gasteiger partial charge in [-0.25, -0.2) is 4.79 Å². The molecule has 0 heterocycles. The SMILES string of the molecule is CC(CNC(=O)OC(C)(C)C)N[C@@H](C)C1CCCCC1. The number of rotatable bonds is 5. The van der Waals surface area contributed by atoms with Crippen LogP contribution < -0.4 is 10.6 Å². The lowest BCUT2D eigenvalue weighted by molar-refractivity contribution is 0.0522. The van der Waals surface area contributed by atoms with Crippen molar-refractivity contribution in [3.8, 4) is 0 Å². The van der Waals surface area contributed by atoms with E-state index < -0.39 is 5.60 Å². The minimum Gasteiger partial charge on any atom is -0.444 e. The molecule has 1 rings (SSSR count). The number of carbonyl (C=O) groups excluding carboxylic acids is 1. The average Bonchev–Trinajstić information content (AvgIpc) is 2.35. The fourth-order valence-electron chi connectivity index (χ4n) is 2.83. The molecular formula is C16H32N2O2. The van der Waals surface area contributed by atoms with Gasteiger partial charge in [-0.15, -0.1) is 0 Å². The lowest BCUT2D eigenvalue weighted by atomic mass is 9.84. The maximum Gasteiger partial charge on any atom is 0.407 e. The van der Waals surface area contributed by atoms with E-state index >= 15 is 0 Å². The van der Waals surface area contributed by atoms with Crippen LogP contribution in [0, 0.1) is 5.92 Å². The van der Waals surface area contributed by atoms with Crippen LogP contribution in [-0.4, -0.2) is 30.3 Å². The minimum absolute atomic E-state index is 0.263. The molecule has 2 atom stereocenters. The normalized spacial score (nSPS) is 20.2. The highest BCUT2D eigenvalue weighted by Crippen LogP contribution is 2.26. The van der Waals surface area contributed by atoms with Gasteiger partial charge in [0, 0.05) is 18.6 Å². The molecule has 0 aliphatic heterocycles. The van der Waals surface area contributed by atoms with Crippen LogP contribution in [0.2, 0.25) is 0 Å². The fraction of sp³-hybridized carbons (Fsp3) is 0.938. The Kier molecular flexibility index (Phi) is 6.80. The standard InChI is InChI=1S/C16H32N2O2/c1-12(11-17-15(19)20-16(3,4)5)18-13(2)14-9-7-6-8-10-14/h12-14,18H,6-11H2,1-5H3,(H,17,19)/t12?,13-/m0/s1. The van der Waals surface area contributed by atoms with Crippen molar-refractivity contribution in [1.29, 1.82) is 0 Å². The molecule has 0 radical (unpaired) electrons. The highest BCUT2D eigenvalue weighted by atomic mass is 16.6. The van der Waals surface area contributed by atoms with Crippen molar-refractivity contribution in [1.82, 2.24) is 10.6 Å². The smallest absolute Gasteiger partial charge is 0.407 e. The second-order valence-corrected chi connectivity index (χ2v) is 7.14. The van der Waals surface area contributed by atoms with E-state index in [1.807, 2.05) is 20.8 Å². The first kappa shape index (κ1) is 17.3. The molecule has 0 aromatic carbocycles. The maximum atomic E-state index is 11.6. The zero-order valence-corrected chi connectivity index (χ0v) is 13.8. The molecule has 0 bridgehead atoms. The molecule has 118 valence electrons. The number of nitrogens with one attached hydrogen (secondary N) is 2. The summed E-state index contributed by atoms with van der Waals surface area (Å²) in [5, 5.41) is 6.42. The van der Waals surface area contributed by atoms with Crippen molar-refractivity contribution in [2.75, 3.05) is 6.54 Å². The Morgan fingerprint density at radius 1 is 1.20 bits per heavy atom. The third-order valence-corrected chi connectivity index (χ3v) is 3.86. The van der Waals surface area contributed by atoms with Crippen LogP contribution in [0.5, 0.6) is 0 Å². The van der Waals surface area contributed by atoms with Gasteiger partial charge in [0.25, 0.3) is 0 Å². The van der Waals surface area contributed by atoms with E-state index in [2.05, 4.69) is 24.5 Å². The lowest BCUT2D eigenvalue weighted by Crippen LogP contribution is -2.46. The quantitative estimate of drug-likeness (QED) is 0.813. The lowest BCUT2D eigenvalue weighted by Gasteiger charge is -2.31. The summed E-state index contributed by atoms with van der Waals surface area (Å²) in [6.07, 6.45) is 6.44. The first-order valence-electron chi connectivity index (χ1n) is 8.01. The number of alkyl carbamates (subject to hydrolysis) is 1. The van der Waals surface area contributed by atoms with Crippen molar-refractivity contribution in [3.05, 3.63) is 0 Å². The second kappa shape index (κ2) is 7.87. The Balaban J connectivity index is 2.22. The van der Waals surface area contributed by atoms with Gasteiger partial charge in [0.05, 0.1) is 0 Å². The molecular weight excluding hydrogens is 252 g/mol. The van der Waals surface area contributed by atoms with Gasteiger partial charge in [-0.1, -0.05) is 19.3 Å². The van der Waals surface area contributed by atoms with E-state index in [1.54, 1.807) is 0 Å². The van der Waals surface area contributed by atoms with E-state index in [0.717, 1.165) is 5.92 Å². The van der Waals surface area contributed by atoms with Crippen molar-refractivity contribution >= 4 is 6.09 Å². The summed E-state index contributed by atoms with van der Waals surface area (Å²) in [7, 11) is 0. The first-order chi connectivity index (χ1) is 9.28. The van der Waals surface area contributed by atoms with Crippen molar-refractivity contribution in [2.24, 2.45) is 5.92 Å². The van der Waals surface area contributed by atoms with Crippen LogP contribution in [0.15, 0.2) is 0 Å². The molecule has 1 unspecified atom stereocenters. The highest BCUT2D eigenvalue weighted by Gasteiger charge is 2.21. The third-order valence-electron chi connectivity index (χ3n) is 3.86. The van der Waals surface area contributed by atoms with Crippen LogP contribution in [0.4, 0.5) is 4.79 Å². The molecule has 0 aromatic rings. The number of carbonyl (C=O) groups is 1. The summed E-state index contributed by atoms with van der Waals surface area (Å²) in [4.78, 5) is 11.6. The van der Waals surface area contributed by atoms with Crippen LogP contribution in [0.25, 0.3) is 0 Å². The fourth-order valence-corrected chi connectivity index (χ4v) is 2.83. The molecule has 1 amide bonds. The number of amides is 1. The summed E-state index contributed by atoms with van der Waals surface area (Å²) in [6.45, 7) is 10.6. The first-order valence-corrected chi connectivity index (χ1v) is 8.01. The van der Waals surface area contributed by atoms with Crippen LogP contribution in [0.3, 0.4) is 0 Å². The zero-order chi connectivity index (χ0) is 15.2. The van der Waals surface area contributed by atoms with Gasteiger partial charge in [-0.2, -0.15) is 0 Å². The molecule has 2 N–H and O–H groups in total.